The molecule has 0 radical (unpaired) electrons. The molecule has 9 heteroatoms. The molecule has 2 N–H and O–H groups in total. The van der Waals surface area contributed by atoms with Gasteiger partial charge in [-0.25, -0.2) is 9.78 Å². The SMILES string of the molecule is C/C(=C\c1c(Cl)cc(C(=O)Nc2nc3c(s2)CCc2c(CCCOC(C)C)cccc2-3)cc1Cl)C(=O)O. The Morgan fingerprint density at radius 2 is 1.95 bits per heavy atom. The molecule has 1 heterocycles. The van der Waals surface area contributed by atoms with Crippen LogP contribution in [0.3, 0.4) is 0 Å². The number of fused-ring (bicyclic) bond motifs is 3. The van der Waals surface area contributed by atoms with Gasteiger partial charge >= 0.3 is 5.97 Å². The van der Waals surface area contributed by atoms with E-state index in [9.17, 15) is 9.59 Å². The molecule has 1 amide bonds. The molecule has 0 bridgehead atoms. The Morgan fingerprint density at radius 1 is 1.22 bits per heavy atom. The molecule has 194 valence electrons. The van der Waals surface area contributed by atoms with Gasteiger partial charge in [-0.05, 0) is 75.8 Å². The van der Waals surface area contributed by atoms with E-state index in [1.54, 1.807) is 0 Å². The Morgan fingerprint density at radius 3 is 2.62 bits per heavy atom. The molecular formula is C28H28Cl2N2O4S. The highest BCUT2D eigenvalue weighted by Crippen LogP contribution is 2.40. The summed E-state index contributed by atoms with van der Waals surface area (Å²) in [6.45, 7) is 6.28. The van der Waals surface area contributed by atoms with E-state index in [4.69, 9.17) is 38.0 Å². The second kappa shape index (κ2) is 11.8. The number of carboxylic acids is 1. The van der Waals surface area contributed by atoms with Gasteiger partial charge in [-0.3, -0.25) is 10.1 Å². The summed E-state index contributed by atoms with van der Waals surface area (Å²) in [5, 5.41) is 12.9. The van der Waals surface area contributed by atoms with Crippen LogP contribution < -0.4 is 5.32 Å². The van der Waals surface area contributed by atoms with Gasteiger partial charge in [0.1, 0.15) is 0 Å². The number of aliphatic carboxylic acids is 1. The van der Waals surface area contributed by atoms with Crippen LogP contribution in [0.5, 0.6) is 0 Å². The van der Waals surface area contributed by atoms with Gasteiger partial charge in [-0.2, -0.15) is 0 Å². The minimum atomic E-state index is -1.07. The summed E-state index contributed by atoms with van der Waals surface area (Å²) in [5.41, 5.74) is 5.39. The lowest BCUT2D eigenvalue weighted by molar-refractivity contribution is -0.132. The number of aryl methyl sites for hydroxylation is 2. The number of carbonyl (C=O) groups excluding carboxylic acids is 1. The van der Waals surface area contributed by atoms with Crippen LogP contribution in [0, 0.1) is 0 Å². The topological polar surface area (TPSA) is 88.5 Å². The number of nitrogens with one attached hydrogen (secondary N) is 1. The molecule has 3 aromatic rings. The molecule has 6 nitrogen and oxygen atoms in total. The quantitative estimate of drug-likeness (QED) is 0.212. The van der Waals surface area contributed by atoms with E-state index >= 15 is 0 Å². The minimum Gasteiger partial charge on any atom is -0.478 e. The fourth-order valence-corrected chi connectivity index (χ4v) is 5.86. The molecule has 0 spiro atoms. The predicted molar refractivity (Wildman–Crippen MR) is 150 cm³/mol. The highest BCUT2D eigenvalue weighted by Gasteiger charge is 2.24. The lowest BCUT2D eigenvalue weighted by Gasteiger charge is -2.19. The number of carbonyl (C=O) groups is 2. The van der Waals surface area contributed by atoms with Crippen molar-refractivity contribution in [3.63, 3.8) is 0 Å². The maximum Gasteiger partial charge on any atom is 0.331 e. The molecule has 37 heavy (non-hydrogen) atoms. The number of nitrogens with zero attached hydrogens (tertiary/aromatic N) is 1. The van der Waals surface area contributed by atoms with Crippen molar-refractivity contribution in [2.45, 2.75) is 52.6 Å². The third kappa shape index (κ3) is 6.41. The Hall–Kier alpha value is -2.71. The van der Waals surface area contributed by atoms with Gasteiger partial charge in [0.05, 0.1) is 21.8 Å². The van der Waals surface area contributed by atoms with Crippen molar-refractivity contribution in [3.05, 3.63) is 73.1 Å². The average molecular weight is 560 g/mol. The van der Waals surface area contributed by atoms with E-state index < -0.39 is 5.97 Å². The first-order chi connectivity index (χ1) is 17.6. The maximum atomic E-state index is 13.0. The molecule has 1 aromatic heterocycles. The molecule has 0 saturated carbocycles. The second-order valence-corrected chi connectivity index (χ2v) is 11.1. The van der Waals surface area contributed by atoms with E-state index in [0.717, 1.165) is 48.4 Å². The number of hydrogen-bond donors (Lipinski definition) is 2. The molecule has 2 aromatic carbocycles. The predicted octanol–water partition coefficient (Wildman–Crippen LogP) is 7.31. The third-order valence-electron chi connectivity index (χ3n) is 6.13. The largest absolute Gasteiger partial charge is 0.478 e. The summed E-state index contributed by atoms with van der Waals surface area (Å²) in [5.74, 6) is -1.46. The van der Waals surface area contributed by atoms with Crippen LogP contribution in [0.4, 0.5) is 5.13 Å². The molecule has 0 saturated heterocycles. The molecule has 4 rings (SSSR count). The fourth-order valence-electron chi connectivity index (χ4n) is 4.29. The van der Waals surface area contributed by atoms with E-state index in [2.05, 4.69) is 23.5 Å². The number of benzene rings is 2. The van der Waals surface area contributed by atoms with Gasteiger partial charge in [0.25, 0.3) is 5.91 Å². The average Bonchev–Trinajstić information content (AvgIpc) is 3.26. The van der Waals surface area contributed by atoms with Crippen molar-refractivity contribution < 1.29 is 19.4 Å². The summed E-state index contributed by atoms with van der Waals surface area (Å²) in [6.07, 6.45) is 5.35. The van der Waals surface area contributed by atoms with Gasteiger partial charge in [-0.1, -0.05) is 41.4 Å². The monoisotopic (exact) mass is 558 g/mol. The zero-order valence-electron chi connectivity index (χ0n) is 20.9. The zero-order valence-corrected chi connectivity index (χ0v) is 23.2. The zero-order chi connectivity index (χ0) is 26.7. The van der Waals surface area contributed by atoms with Crippen LogP contribution in [0.1, 0.15) is 59.1 Å². The van der Waals surface area contributed by atoms with E-state index in [1.165, 1.54) is 47.6 Å². The Kier molecular flexibility index (Phi) is 8.70. The van der Waals surface area contributed by atoms with Crippen LogP contribution in [0.15, 0.2) is 35.9 Å². The van der Waals surface area contributed by atoms with Gasteiger partial charge in [-0.15, -0.1) is 11.3 Å². The Labute approximate surface area is 230 Å². The van der Waals surface area contributed by atoms with Gasteiger partial charge < -0.3 is 9.84 Å². The first-order valence-electron chi connectivity index (χ1n) is 12.1. The van der Waals surface area contributed by atoms with Crippen molar-refractivity contribution in [1.29, 1.82) is 0 Å². The second-order valence-electron chi connectivity index (χ2n) is 9.20. The first-order valence-corrected chi connectivity index (χ1v) is 13.7. The van der Waals surface area contributed by atoms with Crippen LogP contribution in [-0.2, 0) is 28.8 Å². The molecule has 0 atom stereocenters. The summed E-state index contributed by atoms with van der Waals surface area (Å²) < 4.78 is 5.69. The number of thiazole rings is 1. The first kappa shape index (κ1) is 27.3. The molecule has 1 aliphatic carbocycles. The van der Waals surface area contributed by atoms with Crippen molar-refractivity contribution in [1.82, 2.24) is 4.98 Å². The molecular weight excluding hydrogens is 531 g/mol. The Bertz CT molecular complexity index is 1360. The van der Waals surface area contributed by atoms with Crippen molar-refractivity contribution in [2.24, 2.45) is 0 Å². The normalized spacial score (nSPS) is 12.9. The number of ether oxygens (including phenoxy) is 1. The van der Waals surface area contributed by atoms with Crippen LogP contribution >= 0.6 is 34.5 Å². The molecule has 0 unspecified atom stereocenters. The number of amides is 1. The molecule has 0 aliphatic heterocycles. The Balaban J connectivity index is 1.52. The lowest BCUT2D eigenvalue weighted by atomic mass is 9.88. The van der Waals surface area contributed by atoms with Crippen LogP contribution in [0.25, 0.3) is 17.3 Å². The fraction of sp³-hybridized carbons (Fsp3) is 0.321. The number of aromatic nitrogens is 1. The van der Waals surface area contributed by atoms with E-state index in [0.29, 0.717) is 10.7 Å². The van der Waals surface area contributed by atoms with Gasteiger partial charge in [0.15, 0.2) is 5.13 Å². The van der Waals surface area contributed by atoms with Crippen molar-refractivity contribution in [2.75, 3.05) is 11.9 Å². The van der Waals surface area contributed by atoms with E-state index in [-0.39, 0.29) is 33.2 Å². The third-order valence-corrected chi connectivity index (χ3v) is 7.79. The van der Waals surface area contributed by atoms with Crippen molar-refractivity contribution >= 4 is 57.6 Å². The van der Waals surface area contributed by atoms with Gasteiger partial charge in [0.2, 0.25) is 0 Å². The summed E-state index contributed by atoms with van der Waals surface area (Å²) >= 11 is 14.1. The number of hydrogen-bond acceptors (Lipinski definition) is 5. The summed E-state index contributed by atoms with van der Waals surface area (Å²) in [7, 11) is 0. The summed E-state index contributed by atoms with van der Waals surface area (Å²) in [6, 6.07) is 9.29. The molecule has 1 aliphatic rings. The number of carboxylic acid groups (broad SMARTS) is 1. The highest BCUT2D eigenvalue weighted by atomic mass is 35.5. The summed E-state index contributed by atoms with van der Waals surface area (Å²) in [4.78, 5) is 30.0. The van der Waals surface area contributed by atoms with Crippen molar-refractivity contribution in [3.8, 4) is 11.3 Å². The molecule has 0 fully saturated rings. The van der Waals surface area contributed by atoms with Crippen LogP contribution in [-0.4, -0.2) is 34.7 Å². The highest BCUT2D eigenvalue weighted by molar-refractivity contribution is 7.16. The number of halogens is 2. The standard InChI is InChI=1S/C28H28Cl2N2O4S/c1-15(2)36-11-5-7-17-6-4-8-20-19(17)9-10-24-25(20)31-28(37-24)32-26(33)18-13-22(29)21(23(30)14-18)12-16(3)27(34)35/h4,6,8,12-15H,5,7,9-11H2,1-3H3,(H,34,35)(H,31,32,33)/b16-12+. The van der Waals surface area contributed by atoms with E-state index in [1.807, 2.05) is 13.8 Å². The van der Waals surface area contributed by atoms with Gasteiger partial charge in [0, 0.05) is 33.7 Å². The minimum absolute atomic E-state index is 0.0849. The van der Waals surface area contributed by atoms with Crippen LogP contribution in [0.2, 0.25) is 10.0 Å². The lowest BCUT2D eigenvalue weighted by Crippen LogP contribution is -2.12. The number of rotatable bonds is 9. The maximum absolute atomic E-state index is 13.0. The number of anilines is 1. The smallest absolute Gasteiger partial charge is 0.331 e.